The van der Waals surface area contributed by atoms with Gasteiger partial charge in [0, 0.05) is 13.0 Å². The molecular formula is C11H12N4O4. The fraction of sp³-hybridized carbons (Fsp3) is 0.455. The lowest BCUT2D eigenvalue weighted by atomic mass is 10.2. The standard InChI is InChI=1S/C11H12N4O4/c1-15-11(17)13-7(14-15)4-18-10(16)9-8(6-2-3-6)12-5-19-9/h5-6H,2-4H2,1H3,(H,13,14,17). The van der Waals surface area contributed by atoms with Gasteiger partial charge in [-0.3, -0.25) is 4.98 Å². The number of oxazole rings is 1. The predicted molar refractivity (Wildman–Crippen MR) is 61.4 cm³/mol. The molecule has 0 spiro atoms. The van der Waals surface area contributed by atoms with Crippen LogP contribution in [0.2, 0.25) is 0 Å². The number of H-pyrrole nitrogens is 1. The number of nitrogens with zero attached hydrogens (tertiary/aromatic N) is 3. The van der Waals surface area contributed by atoms with E-state index in [1.807, 2.05) is 0 Å². The minimum Gasteiger partial charge on any atom is -0.452 e. The summed E-state index contributed by atoms with van der Waals surface area (Å²) in [5, 5.41) is 3.86. The van der Waals surface area contributed by atoms with Crippen LogP contribution in [0.3, 0.4) is 0 Å². The molecule has 0 atom stereocenters. The second kappa shape index (κ2) is 4.38. The number of aryl methyl sites for hydroxylation is 1. The van der Waals surface area contributed by atoms with Crippen LogP contribution in [0.25, 0.3) is 0 Å². The Labute approximate surface area is 107 Å². The molecule has 0 aliphatic heterocycles. The van der Waals surface area contributed by atoms with Crippen molar-refractivity contribution in [2.45, 2.75) is 25.4 Å². The van der Waals surface area contributed by atoms with E-state index in [-0.39, 0.29) is 23.9 Å². The topological polar surface area (TPSA) is 103 Å². The van der Waals surface area contributed by atoms with Crippen molar-refractivity contribution in [1.29, 1.82) is 0 Å². The van der Waals surface area contributed by atoms with Crippen LogP contribution in [-0.4, -0.2) is 25.7 Å². The Bertz CT molecular complexity index is 664. The maximum Gasteiger partial charge on any atom is 0.376 e. The molecule has 0 aromatic carbocycles. The van der Waals surface area contributed by atoms with E-state index in [2.05, 4.69) is 15.1 Å². The molecule has 8 heteroatoms. The third kappa shape index (κ3) is 2.28. The quantitative estimate of drug-likeness (QED) is 0.798. The van der Waals surface area contributed by atoms with Gasteiger partial charge in [-0.1, -0.05) is 0 Å². The summed E-state index contributed by atoms with van der Waals surface area (Å²) >= 11 is 0. The monoisotopic (exact) mass is 264 g/mol. The first kappa shape index (κ1) is 11.7. The first-order chi connectivity index (χ1) is 9.15. The number of nitrogens with one attached hydrogen (secondary N) is 1. The number of hydrogen-bond donors (Lipinski definition) is 1. The number of aromatic nitrogens is 4. The summed E-state index contributed by atoms with van der Waals surface area (Å²) in [6, 6.07) is 0. The molecule has 1 fully saturated rings. The highest BCUT2D eigenvalue weighted by Gasteiger charge is 2.32. The van der Waals surface area contributed by atoms with Crippen LogP contribution in [0.5, 0.6) is 0 Å². The number of ether oxygens (including phenoxy) is 1. The van der Waals surface area contributed by atoms with Gasteiger partial charge in [0.05, 0.1) is 5.69 Å². The molecule has 8 nitrogen and oxygen atoms in total. The Kier molecular flexibility index (Phi) is 2.69. The van der Waals surface area contributed by atoms with E-state index >= 15 is 0 Å². The minimum absolute atomic E-state index is 0.111. The molecule has 19 heavy (non-hydrogen) atoms. The molecule has 1 N–H and O–H groups in total. The van der Waals surface area contributed by atoms with Crippen molar-refractivity contribution in [3.8, 4) is 0 Å². The Morgan fingerprint density at radius 3 is 3.05 bits per heavy atom. The van der Waals surface area contributed by atoms with Crippen LogP contribution in [0.1, 0.15) is 40.8 Å². The molecule has 0 saturated heterocycles. The van der Waals surface area contributed by atoms with Gasteiger partial charge in [-0.05, 0) is 12.8 Å². The van der Waals surface area contributed by atoms with Crippen molar-refractivity contribution in [2.75, 3.05) is 0 Å². The fourth-order valence-electron chi connectivity index (χ4n) is 1.78. The second-order valence-corrected chi connectivity index (χ2v) is 4.42. The molecule has 1 aliphatic rings. The molecule has 0 radical (unpaired) electrons. The van der Waals surface area contributed by atoms with E-state index in [0.717, 1.165) is 17.5 Å². The Morgan fingerprint density at radius 1 is 1.63 bits per heavy atom. The summed E-state index contributed by atoms with van der Waals surface area (Å²) in [6.07, 6.45) is 3.27. The SMILES string of the molecule is Cn1nc(COC(=O)c2ocnc2C2CC2)[nH]c1=O. The average molecular weight is 264 g/mol. The van der Waals surface area contributed by atoms with Crippen molar-refractivity contribution in [3.05, 3.63) is 34.2 Å². The van der Waals surface area contributed by atoms with Crippen LogP contribution in [-0.2, 0) is 18.4 Å². The van der Waals surface area contributed by atoms with Crippen LogP contribution in [0.15, 0.2) is 15.6 Å². The number of aromatic amines is 1. The first-order valence-corrected chi connectivity index (χ1v) is 5.88. The molecule has 1 saturated carbocycles. The van der Waals surface area contributed by atoms with E-state index in [1.54, 1.807) is 0 Å². The van der Waals surface area contributed by atoms with Gasteiger partial charge in [0.25, 0.3) is 0 Å². The normalized spacial score (nSPS) is 14.6. The van der Waals surface area contributed by atoms with Crippen molar-refractivity contribution < 1.29 is 13.9 Å². The summed E-state index contributed by atoms with van der Waals surface area (Å²) in [5.74, 6) is 0.135. The fourth-order valence-corrected chi connectivity index (χ4v) is 1.78. The molecular weight excluding hydrogens is 252 g/mol. The zero-order valence-corrected chi connectivity index (χ0v) is 10.3. The zero-order valence-electron chi connectivity index (χ0n) is 10.3. The Morgan fingerprint density at radius 2 is 2.42 bits per heavy atom. The lowest BCUT2D eigenvalue weighted by Gasteiger charge is -2.00. The van der Waals surface area contributed by atoms with Gasteiger partial charge < -0.3 is 9.15 Å². The van der Waals surface area contributed by atoms with Gasteiger partial charge in [0.2, 0.25) is 5.76 Å². The van der Waals surface area contributed by atoms with Gasteiger partial charge in [-0.2, -0.15) is 5.10 Å². The smallest absolute Gasteiger partial charge is 0.376 e. The van der Waals surface area contributed by atoms with Crippen LogP contribution >= 0.6 is 0 Å². The molecule has 0 amide bonds. The van der Waals surface area contributed by atoms with Crippen LogP contribution in [0.4, 0.5) is 0 Å². The molecule has 0 unspecified atom stereocenters. The van der Waals surface area contributed by atoms with Crippen molar-refractivity contribution in [1.82, 2.24) is 19.7 Å². The number of esters is 1. The van der Waals surface area contributed by atoms with Gasteiger partial charge in [-0.15, -0.1) is 0 Å². The maximum absolute atomic E-state index is 11.8. The zero-order chi connectivity index (χ0) is 13.4. The van der Waals surface area contributed by atoms with E-state index in [9.17, 15) is 9.59 Å². The van der Waals surface area contributed by atoms with Crippen LogP contribution < -0.4 is 5.69 Å². The van der Waals surface area contributed by atoms with E-state index < -0.39 is 5.97 Å². The second-order valence-electron chi connectivity index (χ2n) is 4.42. The minimum atomic E-state index is -0.592. The molecule has 100 valence electrons. The summed E-state index contributed by atoms with van der Waals surface area (Å²) < 4.78 is 11.2. The van der Waals surface area contributed by atoms with Crippen molar-refractivity contribution >= 4 is 5.97 Å². The maximum atomic E-state index is 11.8. The largest absolute Gasteiger partial charge is 0.452 e. The molecule has 1 aliphatic carbocycles. The highest BCUT2D eigenvalue weighted by atomic mass is 16.5. The molecule has 2 aromatic rings. The van der Waals surface area contributed by atoms with Crippen molar-refractivity contribution in [3.63, 3.8) is 0 Å². The van der Waals surface area contributed by atoms with Gasteiger partial charge >= 0.3 is 11.7 Å². The van der Waals surface area contributed by atoms with Gasteiger partial charge in [0.15, 0.2) is 18.8 Å². The highest BCUT2D eigenvalue weighted by Crippen LogP contribution is 2.40. The van der Waals surface area contributed by atoms with Gasteiger partial charge in [-0.25, -0.2) is 19.3 Å². The van der Waals surface area contributed by atoms with Crippen LogP contribution in [0, 0.1) is 0 Å². The number of carbonyl (C=O) groups excluding carboxylic acids is 1. The first-order valence-electron chi connectivity index (χ1n) is 5.88. The Balaban J connectivity index is 1.67. The summed E-state index contributed by atoms with van der Waals surface area (Å²) in [6.45, 7) is -0.111. The predicted octanol–water partition coefficient (Wildman–Crippen LogP) is 0.331. The molecule has 2 aromatic heterocycles. The summed E-state index contributed by atoms with van der Waals surface area (Å²) in [5.41, 5.74) is 0.295. The summed E-state index contributed by atoms with van der Waals surface area (Å²) in [7, 11) is 1.51. The van der Waals surface area contributed by atoms with Gasteiger partial charge in [0.1, 0.15) is 0 Å². The lowest BCUT2D eigenvalue weighted by molar-refractivity contribution is 0.0423. The number of hydrogen-bond acceptors (Lipinski definition) is 6. The van der Waals surface area contributed by atoms with E-state index in [4.69, 9.17) is 9.15 Å². The lowest BCUT2D eigenvalue weighted by Crippen LogP contribution is -2.13. The number of rotatable bonds is 4. The summed E-state index contributed by atoms with van der Waals surface area (Å²) in [4.78, 5) is 29.5. The van der Waals surface area contributed by atoms with E-state index in [1.165, 1.54) is 13.4 Å². The average Bonchev–Trinajstić information content (AvgIpc) is 3.02. The van der Waals surface area contributed by atoms with E-state index in [0.29, 0.717) is 11.6 Å². The molecule has 0 bridgehead atoms. The number of carbonyl (C=O) groups is 1. The third-order valence-corrected chi connectivity index (χ3v) is 2.90. The molecule has 2 heterocycles. The Hall–Kier alpha value is -2.38. The third-order valence-electron chi connectivity index (χ3n) is 2.90. The molecule has 3 rings (SSSR count). The highest BCUT2D eigenvalue weighted by molar-refractivity contribution is 5.87. The van der Waals surface area contributed by atoms with Crippen molar-refractivity contribution in [2.24, 2.45) is 7.05 Å².